The topological polar surface area (TPSA) is 41.6 Å². The van der Waals surface area contributed by atoms with E-state index in [2.05, 4.69) is 45.3 Å². The molecule has 0 atom stereocenters. The van der Waals surface area contributed by atoms with Gasteiger partial charge in [-0.1, -0.05) is 12.1 Å². The summed E-state index contributed by atoms with van der Waals surface area (Å²) in [6, 6.07) is 11.5. The van der Waals surface area contributed by atoms with Crippen LogP contribution in [0, 0.1) is 0 Å². The maximum atomic E-state index is 12.5. The smallest absolute Gasteiger partial charge is 0.256 e. The highest BCUT2D eigenvalue weighted by atomic mass is 79.9. The molecule has 1 N–H and O–H groups in total. The Labute approximate surface area is 144 Å². The lowest BCUT2D eigenvalue weighted by Crippen LogP contribution is -2.26. The first-order valence-electron chi connectivity index (χ1n) is 7.52. The molecule has 1 aliphatic rings. The van der Waals surface area contributed by atoms with Crippen LogP contribution in [0.5, 0.6) is 5.75 Å². The van der Waals surface area contributed by atoms with Gasteiger partial charge in [0.1, 0.15) is 5.75 Å². The molecule has 0 radical (unpaired) electrons. The third-order valence-electron chi connectivity index (χ3n) is 4.10. The summed E-state index contributed by atoms with van der Waals surface area (Å²) in [6.45, 7) is 2.00. The van der Waals surface area contributed by atoms with Gasteiger partial charge in [-0.15, -0.1) is 0 Å². The lowest BCUT2D eigenvalue weighted by molar-refractivity contribution is 0.102. The summed E-state index contributed by atoms with van der Waals surface area (Å²) in [5.74, 6) is 0.490. The number of fused-ring (bicyclic) bond motifs is 1. The fraction of sp³-hybridized carbons (Fsp3) is 0.278. The molecule has 2 aromatic carbocycles. The highest BCUT2D eigenvalue weighted by Gasteiger charge is 2.16. The van der Waals surface area contributed by atoms with Gasteiger partial charge in [0.05, 0.1) is 17.1 Å². The summed E-state index contributed by atoms with van der Waals surface area (Å²) in [5.41, 5.74) is 4.02. The number of likely N-dealkylation sites (N-methyl/N-ethyl adjacent to an activating group) is 1. The van der Waals surface area contributed by atoms with E-state index in [9.17, 15) is 4.79 Å². The van der Waals surface area contributed by atoms with Crippen LogP contribution in [-0.4, -0.2) is 31.5 Å². The SMILES string of the molecule is COc1cccc(C(=O)Nc2ccc3c(c2)CN(C)CC3)c1Br. The van der Waals surface area contributed by atoms with Crippen molar-refractivity contribution in [2.75, 3.05) is 26.0 Å². The number of halogens is 1. The number of benzene rings is 2. The van der Waals surface area contributed by atoms with Crippen LogP contribution in [0.15, 0.2) is 40.9 Å². The number of nitrogens with one attached hydrogen (secondary N) is 1. The second kappa shape index (κ2) is 6.72. The highest BCUT2D eigenvalue weighted by Crippen LogP contribution is 2.29. The first-order chi connectivity index (χ1) is 11.1. The van der Waals surface area contributed by atoms with Gasteiger partial charge >= 0.3 is 0 Å². The van der Waals surface area contributed by atoms with Crippen molar-refractivity contribution in [1.29, 1.82) is 0 Å². The molecule has 1 aliphatic heterocycles. The molecule has 0 bridgehead atoms. The Morgan fingerprint density at radius 3 is 2.87 bits per heavy atom. The average molecular weight is 375 g/mol. The number of amides is 1. The molecule has 0 aromatic heterocycles. The number of anilines is 1. The fourth-order valence-corrected chi connectivity index (χ4v) is 3.42. The molecule has 3 rings (SSSR count). The zero-order chi connectivity index (χ0) is 16.4. The molecule has 1 amide bonds. The number of methoxy groups -OCH3 is 1. The average Bonchev–Trinajstić information content (AvgIpc) is 2.54. The minimum Gasteiger partial charge on any atom is -0.496 e. The summed E-state index contributed by atoms with van der Waals surface area (Å²) < 4.78 is 5.90. The molecule has 0 spiro atoms. The van der Waals surface area contributed by atoms with E-state index in [1.165, 1.54) is 11.1 Å². The second-order valence-electron chi connectivity index (χ2n) is 5.75. The van der Waals surface area contributed by atoms with E-state index in [0.717, 1.165) is 25.2 Å². The number of hydrogen-bond acceptors (Lipinski definition) is 3. The molecule has 0 aliphatic carbocycles. The first kappa shape index (κ1) is 16.0. The maximum absolute atomic E-state index is 12.5. The minimum atomic E-state index is -0.153. The number of nitrogens with zero attached hydrogens (tertiary/aromatic N) is 1. The molecule has 0 fully saturated rings. The van der Waals surface area contributed by atoms with Gasteiger partial charge in [-0.05, 0) is 64.8 Å². The zero-order valence-corrected chi connectivity index (χ0v) is 14.8. The van der Waals surface area contributed by atoms with Gasteiger partial charge in [-0.2, -0.15) is 0 Å². The van der Waals surface area contributed by atoms with Crippen molar-refractivity contribution < 1.29 is 9.53 Å². The van der Waals surface area contributed by atoms with Crippen molar-refractivity contribution in [1.82, 2.24) is 4.90 Å². The predicted molar refractivity (Wildman–Crippen MR) is 95.1 cm³/mol. The Kier molecular flexibility index (Phi) is 4.68. The van der Waals surface area contributed by atoms with Crippen molar-refractivity contribution >= 4 is 27.5 Å². The number of carbonyl (C=O) groups is 1. The third kappa shape index (κ3) is 3.41. The molecule has 23 heavy (non-hydrogen) atoms. The minimum absolute atomic E-state index is 0.153. The van der Waals surface area contributed by atoms with Crippen molar-refractivity contribution in [3.05, 3.63) is 57.6 Å². The Hall–Kier alpha value is -1.85. The maximum Gasteiger partial charge on any atom is 0.256 e. The van der Waals surface area contributed by atoms with Gasteiger partial charge in [-0.25, -0.2) is 0 Å². The van der Waals surface area contributed by atoms with E-state index >= 15 is 0 Å². The van der Waals surface area contributed by atoms with Crippen LogP contribution in [0.25, 0.3) is 0 Å². The number of ether oxygens (including phenoxy) is 1. The molecule has 5 heteroatoms. The van der Waals surface area contributed by atoms with Crippen molar-refractivity contribution in [2.45, 2.75) is 13.0 Å². The van der Waals surface area contributed by atoms with Gasteiger partial charge in [-0.3, -0.25) is 4.79 Å². The van der Waals surface area contributed by atoms with E-state index in [4.69, 9.17) is 4.74 Å². The monoisotopic (exact) mass is 374 g/mol. The lowest BCUT2D eigenvalue weighted by Gasteiger charge is -2.25. The highest BCUT2D eigenvalue weighted by molar-refractivity contribution is 9.10. The van der Waals surface area contributed by atoms with E-state index in [-0.39, 0.29) is 5.91 Å². The second-order valence-corrected chi connectivity index (χ2v) is 6.54. The fourth-order valence-electron chi connectivity index (χ4n) is 2.82. The molecule has 0 saturated carbocycles. The molecule has 2 aromatic rings. The molecular formula is C18H19BrN2O2. The van der Waals surface area contributed by atoms with Gasteiger partial charge in [0.2, 0.25) is 0 Å². The summed E-state index contributed by atoms with van der Waals surface area (Å²) in [4.78, 5) is 14.8. The standard InChI is InChI=1S/C18H19BrN2O2/c1-21-9-8-12-6-7-14(10-13(12)11-21)20-18(22)15-4-3-5-16(23-2)17(15)19/h3-7,10H,8-9,11H2,1-2H3,(H,20,22). The predicted octanol–water partition coefficient (Wildman–Crippen LogP) is 3.70. The summed E-state index contributed by atoms with van der Waals surface area (Å²) in [7, 11) is 3.70. The van der Waals surface area contributed by atoms with Crippen LogP contribution in [0.3, 0.4) is 0 Å². The Balaban J connectivity index is 1.82. The van der Waals surface area contributed by atoms with Crippen LogP contribution >= 0.6 is 15.9 Å². The Morgan fingerprint density at radius 1 is 1.26 bits per heavy atom. The van der Waals surface area contributed by atoms with Crippen LogP contribution in [0.4, 0.5) is 5.69 Å². The molecule has 120 valence electrons. The van der Waals surface area contributed by atoms with E-state index in [1.807, 2.05) is 12.1 Å². The third-order valence-corrected chi connectivity index (χ3v) is 4.91. The number of carbonyl (C=O) groups excluding carboxylic acids is 1. The number of rotatable bonds is 3. The van der Waals surface area contributed by atoms with Gasteiger partial charge in [0, 0.05) is 18.8 Å². The van der Waals surface area contributed by atoms with Crippen LogP contribution in [0.2, 0.25) is 0 Å². The van der Waals surface area contributed by atoms with Crippen molar-refractivity contribution in [3.8, 4) is 5.75 Å². The molecule has 1 heterocycles. The summed E-state index contributed by atoms with van der Waals surface area (Å²) in [5, 5.41) is 2.97. The molecular weight excluding hydrogens is 356 g/mol. The lowest BCUT2D eigenvalue weighted by atomic mass is 9.99. The first-order valence-corrected chi connectivity index (χ1v) is 8.32. The van der Waals surface area contributed by atoms with Gasteiger partial charge in [0.15, 0.2) is 0 Å². The quantitative estimate of drug-likeness (QED) is 0.890. The number of hydrogen-bond donors (Lipinski definition) is 1. The molecule has 0 saturated heterocycles. The van der Waals surface area contributed by atoms with Gasteiger partial charge < -0.3 is 15.0 Å². The van der Waals surface area contributed by atoms with E-state index < -0.39 is 0 Å². The van der Waals surface area contributed by atoms with E-state index in [0.29, 0.717) is 15.8 Å². The Bertz CT molecular complexity index is 746. The van der Waals surface area contributed by atoms with Crippen molar-refractivity contribution in [3.63, 3.8) is 0 Å². The van der Waals surface area contributed by atoms with Gasteiger partial charge in [0.25, 0.3) is 5.91 Å². The zero-order valence-electron chi connectivity index (χ0n) is 13.2. The van der Waals surface area contributed by atoms with E-state index in [1.54, 1.807) is 19.2 Å². The normalized spacial score (nSPS) is 14.2. The molecule has 4 nitrogen and oxygen atoms in total. The van der Waals surface area contributed by atoms with Crippen LogP contribution in [0.1, 0.15) is 21.5 Å². The largest absolute Gasteiger partial charge is 0.496 e. The summed E-state index contributed by atoms with van der Waals surface area (Å²) >= 11 is 3.43. The Morgan fingerprint density at radius 2 is 2.09 bits per heavy atom. The van der Waals surface area contributed by atoms with Crippen LogP contribution in [-0.2, 0) is 13.0 Å². The molecule has 0 unspecified atom stereocenters. The summed E-state index contributed by atoms with van der Waals surface area (Å²) in [6.07, 6.45) is 1.06. The van der Waals surface area contributed by atoms with Crippen molar-refractivity contribution in [2.24, 2.45) is 0 Å². The van der Waals surface area contributed by atoms with Crippen LogP contribution < -0.4 is 10.1 Å².